The van der Waals surface area contributed by atoms with Crippen LogP contribution in [0.25, 0.3) is 11.3 Å². The predicted octanol–water partition coefficient (Wildman–Crippen LogP) is 2.47. The number of nitrogens with zero attached hydrogens (tertiary/aromatic N) is 5. The van der Waals surface area contributed by atoms with Crippen LogP contribution in [0.1, 0.15) is 11.1 Å². The number of benzene rings is 2. The number of hydrogen-bond acceptors (Lipinski definition) is 8. The first-order valence-corrected chi connectivity index (χ1v) is 13.1. The first-order valence-electron chi connectivity index (χ1n) is 13.1. The average Bonchev–Trinajstić information content (AvgIpc) is 2.94. The van der Waals surface area contributed by atoms with Crippen LogP contribution in [-0.2, 0) is 22.6 Å². The minimum absolute atomic E-state index is 0.0626. The third-order valence-electron chi connectivity index (χ3n) is 7.28. The maximum atomic E-state index is 12.7. The molecule has 4 aliphatic rings. The van der Waals surface area contributed by atoms with Crippen LogP contribution < -0.4 is 15.5 Å². The topological polar surface area (TPSA) is 85.9 Å². The fourth-order valence-corrected chi connectivity index (χ4v) is 5.26. The smallest absolute Gasteiger partial charge is 0.234 e. The quantitative estimate of drug-likeness (QED) is 0.528. The molecule has 192 valence electrons. The molecule has 0 spiro atoms. The molecule has 5 heterocycles. The molecule has 37 heavy (non-hydrogen) atoms. The van der Waals surface area contributed by atoms with Gasteiger partial charge in [-0.05, 0) is 41.5 Å². The maximum absolute atomic E-state index is 12.7. The minimum Gasteiger partial charge on any atom is -0.378 e. The van der Waals surface area contributed by atoms with Crippen molar-refractivity contribution in [1.29, 1.82) is 0 Å². The van der Waals surface area contributed by atoms with Gasteiger partial charge in [-0.3, -0.25) is 14.6 Å². The van der Waals surface area contributed by atoms with Crippen LogP contribution in [0.2, 0.25) is 0 Å². The molecule has 0 unspecified atom stereocenters. The molecule has 9 nitrogen and oxygen atoms in total. The second-order valence-electron chi connectivity index (χ2n) is 9.86. The summed E-state index contributed by atoms with van der Waals surface area (Å²) in [4.78, 5) is 29.1. The van der Waals surface area contributed by atoms with E-state index < -0.39 is 0 Å². The molecule has 9 heteroatoms. The fourth-order valence-electron chi connectivity index (χ4n) is 5.26. The number of ether oxygens (including phenoxy) is 1. The van der Waals surface area contributed by atoms with Crippen LogP contribution in [0.3, 0.4) is 0 Å². The van der Waals surface area contributed by atoms with Crippen LogP contribution in [-0.4, -0.2) is 84.7 Å². The molecule has 1 aromatic heterocycles. The third-order valence-corrected chi connectivity index (χ3v) is 7.28. The Morgan fingerprint density at radius 3 is 2.51 bits per heavy atom. The summed E-state index contributed by atoms with van der Waals surface area (Å²) < 4.78 is 5.60. The van der Waals surface area contributed by atoms with Crippen molar-refractivity contribution in [3.8, 4) is 11.3 Å². The second kappa shape index (κ2) is 10.8. The van der Waals surface area contributed by atoms with Crippen molar-refractivity contribution in [3.63, 3.8) is 0 Å². The Labute approximate surface area is 217 Å². The summed E-state index contributed by atoms with van der Waals surface area (Å²) in [6.07, 6.45) is 1.78. The molecule has 0 atom stereocenters. The lowest BCUT2D eigenvalue weighted by molar-refractivity contribution is -0.122. The molecule has 0 aliphatic carbocycles. The largest absolute Gasteiger partial charge is 0.378 e. The number of rotatable bonds is 1. The molecule has 4 aliphatic heterocycles. The highest BCUT2D eigenvalue weighted by atomic mass is 16.5. The fraction of sp³-hybridized carbons (Fsp3) is 0.393. The molecule has 0 radical (unpaired) electrons. The summed E-state index contributed by atoms with van der Waals surface area (Å²) in [5, 5.41) is 6.52. The maximum Gasteiger partial charge on any atom is 0.234 e. The Balaban J connectivity index is 1.35. The normalized spacial score (nSPS) is 22.3. The van der Waals surface area contributed by atoms with Gasteiger partial charge in [-0.1, -0.05) is 18.2 Å². The van der Waals surface area contributed by atoms with Crippen molar-refractivity contribution in [2.75, 3.05) is 69.2 Å². The summed E-state index contributed by atoms with van der Waals surface area (Å²) >= 11 is 0. The van der Waals surface area contributed by atoms with Crippen LogP contribution in [0, 0.1) is 0 Å². The number of aromatic nitrogens is 2. The number of amides is 1. The third kappa shape index (κ3) is 5.74. The number of anilines is 3. The van der Waals surface area contributed by atoms with Gasteiger partial charge in [0, 0.05) is 75.5 Å². The Morgan fingerprint density at radius 1 is 0.865 bits per heavy atom. The zero-order valence-corrected chi connectivity index (χ0v) is 21.0. The summed E-state index contributed by atoms with van der Waals surface area (Å²) in [7, 11) is 0. The molecule has 3 aromatic rings. The van der Waals surface area contributed by atoms with E-state index in [1.807, 2.05) is 24.3 Å². The van der Waals surface area contributed by atoms with E-state index in [2.05, 4.69) is 54.6 Å². The molecule has 7 rings (SSSR count). The summed E-state index contributed by atoms with van der Waals surface area (Å²) in [6, 6.07) is 16.6. The van der Waals surface area contributed by atoms with Crippen molar-refractivity contribution in [3.05, 3.63) is 65.9 Å². The summed E-state index contributed by atoms with van der Waals surface area (Å²) in [5.74, 6) is 0.625. The van der Waals surface area contributed by atoms with Crippen molar-refractivity contribution in [1.82, 2.24) is 25.1 Å². The van der Waals surface area contributed by atoms with E-state index in [-0.39, 0.29) is 5.91 Å². The summed E-state index contributed by atoms with van der Waals surface area (Å²) in [5.41, 5.74) is 6.39. The SMILES string of the molecule is O=C1CN2CCN(CC2)Cc2cc(ccc2N2CCOCC2)Nc2nccc(n2)-c2cccc(c2)CN1. The van der Waals surface area contributed by atoms with Crippen LogP contribution in [0.4, 0.5) is 17.3 Å². The number of fused-ring (bicyclic) bond motifs is 5. The highest BCUT2D eigenvalue weighted by Crippen LogP contribution is 2.29. The van der Waals surface area contributed by atoms with Gasteiger partial charge in [-0.25, -0.2) is 9.97 Å². The summed E-state index contributed by atoms with van der Waals surface area (Å²) in [6.45, 7) is 8.71. The molecule has 8 bridgehead atoms. The van der Waals surface area contributed by atoms with Gasteiger partial charge < -0.3 is 20.3 Å². The Bertz CT molecular complexity index is 1250. The van der Waals surface area contributed by atoms with E-state index in [9.17, 15) is 4.79 Å². The molecule has 2 N–H and O–H groups in total. The number of carbonyl (C=O) groups excluding carboxylic acids is 1. The van der Waals surface area contributed by atoms with Crippen LogP contribution >= 0.6 is 0 Å². The van der Waals surface area contributed by atoms with Crippen LogP contribution in [0.5, 0.6) is 0 Å². The van der Waals surface area contributed by atoms with Gasteiger partial charge in [-0.15, -0.1) is 0 Å². The zero-order chi connectivity index (χ0) is 25.0. The van der Waals surface area contributed by atoms with Crippen molar-refractivity contribution in [2.24, 2.45) is 0 Å². The van der Waals surface area contributed by atoms with Gasteiger partial charge in [0.05, 0.1) is 25.5 Å². The average molecular weight is 500 g/mol. The van der Waals surface area contributed by atoms with Gasteiger partial charge in [0.1, 0.15) is 0 Å². The van der Waals surface area contributed by atoms with E-state index in [1.165, 1.54) is 11.3 Å². The lowest BCUT2D eigenvalue weighted by Gasteiger charge is -2.36. The van der Waals surface area contributed by atoms with Crippen molar-refractivity contribution < 1.29 is 9.53 Å². The number of hydrogen-bond donors (Lipinski definition) is 2. The number of morpholine rings is 1. The Kier molecular flexibility index (Phi) is 6.98. The van der Waals surface area contributed by atoms with Gasteiger partial charge in [0.25, 0.3) is 0 Å². The number of carbonyl (C=O) groups is 1. The highest BCUT2D eigenvalue weighted by Gasteiger charge is 2.22. The molecule has 2 aromatic carbocycles. The Morgan fingerprint density at radius 2 is 1.68 bits per heavy atom. The number of piperazine rings is 1. The van der Waals surface area contributed by atoms with Crippen LogP contribution in [0.15, 0.2) is 54.7 Å². The first-order chi connectivity index (χ1) is 18.2. The standard InChI is InChI=1S/C28H33N7O2/c36-27-20-34-10-8-33(9-11-34)19-23-17-24(4-5-26(23)35-12-14-37-15-13-35)31-28-29-7-6-25(32-28)22-3-1-2-21(16-22)18-30-27/h1-7,16-17H,8-15,18-20H2,(H,30,36)(H,29,31,32). The molecular weight excluding hydrogens is 466 g/mol. The van der Waals surface area contributed by atoms with E-state index in [0.717, 1.165) is 81.5 Å². The highest BCUT2D eigenvalue weighted by molar-refractivity contribution is 5.78. The Hall–Kier alpha value is -3.53. The second-order valence-corrected chi connectivity index (χ2v) is 9.86. The van der Waals surface area contributed by atoms with Crippen molar-refractivity contribution in [2.45, 2.75) is 13.1 Å². The molecular formula is C28H33N7O2. The molecule has 2 fully saturated rings. The zero-order valence-electron chi connectivity index (χ0n) is 21.0. The van der Waals surface area contributed by atoms with Gasteiger partial charge in [0.15, 0.2) is 0 Å². The van der Waals surface area contributed by atoms with Gasteiger partial charge >= 0.3 is 0 Å². The predicted molar refractivity (Wildman–Crippen MR) is 144 cm³/mol. The van der Waals surface area contributed by atoms with Crippen molar-refractivity contribution >= 4 is 23.2 Å². The molecule has 1 amide bonds. The minimum atomic E-state index is 0.0626. The number of nitrogens with one attached hydrogen (secondary N) is 2. The van der Waals surface area contributed by atoms with E-state index >= 15 is 0 Å². The lowest BCUT2D eigenvalue weighted by Crippen LogP contribution is -2.49. The first kappa shape index (κ1) is 23.8. The van der Waals surface area contributed by atoms with Gasteiger partial charge in [0.2, 0.25) is 11.9 Å². The monoisotopic (exact) mass is 499 g/mol. The van der Waals surface area contributed by atoms with E-state index in [1.54, 1.807) is 6.20 Å². The molecule has 0 saturated carbocycles. The van der Waals surface area contributed by atoms with Gasteiger partial charge in [-0.2, -0.15) is 0 Å². The van der Waals surface area contributed by atoms with E-state index in [0.29, 0.717) is 19.0 Å². The van der Waals surface area contributed by atoms with E-state index in [4.69, 9.17) is 9.72 Å². The lowest BCUT2D eigenvalue weighted by atomic mass is 10.1. The molecule has 2 saturated heterocycles.